The zero-order chi connectivity index (χ0) is 20.8. The minimum atomic E-state index is -0.692. The molecule has 3 N–H and O–H groups in total. The van der Waals surface area contributed by atoms with Crippen LogP contribution in [0.4, 0.5) is 4.79 Å². The lowest BCUT2D eigenvalue weighted by atomic mass is 9.75. The fourth-order valence-electron chi connectivity index (χ4n) is 3.64. The molecule has 0 unspecified atom stereocenters. The number of carbonyl (C=O) groups is 1. The standard InChI is InChI=1S/C23H38N2O3/c1-22(2,3)28-21(27)25-19(15-17-9-7-6-8-10-17)20(26)16-24-18-11-13-23(4,5)14-12-18/h6-10,18-20,24,26H,11-16H2,1-5H3,(H,25,27)/t19-,20+/m0/s1. The highest BCUT2D eigenvalue weighted by molar-refractivity contribution is 5.68. The molecule has 0 heterocycles. The normalized spacial score (nSPS) is 19.6. The molecule has 1 aliphatic rings. The largest absolute Gasteiger partial charge is 0.444 e. The van der Waals surface area contributed by atoms with Crippen LogP contribution in [0.5, 0.6) is 0 Å². The van der Waals surface area contributed by atoms with Gasteiger partial charge < -0.3 is 20.5 Å². The smallest absolute Gasteiger partial charge is 0.407 e. The summed E-state index contributed by atoms with van der Waals surface area (Å²) in [6.07, 6.45) is 4.02. The van der Waals surface area contributed by atoms with Crippen molar-refractivity contribution in [3.8, 4) is 0 Å². The third-order valence-corrected chi connectivity index (χ3v) is 5.42. The van der Waals surface area contributed by atoms with Crippen LogP contribution >= 0.6 is 0 Å². The van der Waals surface area contributed by atoms with Crippen molar-refractivity contribution in [1.82, 2.24) is 10.6 Å². The van der Waals surface area contributed by atoms with Crippen molar-refractivity contribution in [2.24, 2.45) is 5.41 Å². The summed E-state index contributed by atoms with van der Waals surface area (Å²) in [5.41, 5.74) is 0.923. The lowest BCUT2D eigenvalue weighted by Gasteiger charge is -2.35. The first-order valence-electron chi connectivity index (χ1n) is 10.5. The van der Waals surface area contributed by atoms with Crippen molar-refractivity contribution in [2.45, 2.75) is 90.5 Å². The monoisotopic (exact) mass is 390 g/mol. The van der Waals surface area contributed by atoms with Gasteiger partial charge in [-0.3, -0.25) is 0 Å². The van der Waals surface area contributed by atoms with Gasteiger partial charge in [-0.2, -0.15) is 0 Å². The van der Waals surface area contributed by atoms with Gasteiger partial charge in [0.25, 0.3) is 0 Å². The summed E-state index contributed by atoms with van der Waals surface area (Å²) in [6.45, 7) is 10.6. The Balaban J connectivity index is 1.94. The predicted octanol–water partition coefficient (Wildman–Crippen LogP) is 4.04. The number of aliphatic hydroxyl groups is 1. The lowest BCUT2D eigenvalue weighted by Crippen LogP contribution is -2.51. The van der Waals surface area contributed by atoms with Gasteiger partial charge in [-0.15, -0.1) is 0 Å². The Morgan fingerprint density at radius 2 is 1.82 bits per heavy atom. The number of carbonyl (C=O) groups excluding carboxylic acids is 1. The molecule has 1 amide bonds. The van der Waals surface area contributed by atoms with Crippen molar-refractivity contribution in [3.05, 3.63) is 35.9 Å². The van der Waals surface area contributed by atoms with Crippen LogP contribution in [-0.2, 0) is 11.2 Å². The minimum absolute atomic E-state index is 0.412. The molecule has 1 aliphatic carbocycles. The molecule has 0 saturated heterocycles. The lowest BCUT2D eigenvalue weighted by molar-refractivity contribution is 0.0416. The van der Waals surface area contributed by atoms with Gasteiger partial charge in [-0.1, -0.05) is 44.2 Å². The van der Waals surface area contributed by atoms with Crippen molar-refractivity contribution < 1.29 is 14.6 Å². The molecule has 0 bridgehead atoms. The van der Waals surface area contributed by atoms with Gasteiger partial charge in [-0.05, 0) is 63.9 Å². The number of hydrogen-bond acceptors (Lipinski definition) is 4. The molecule has 5 heteroatoms. The Kier molecular flexibility index (Phi) is 7.90. The van der Waals surface area contributed by atoms with Gasteiger partial charge in [-0.25, -0.2) is 4.79 Å². The van der Waals surface area contributed by atoms with Gasteiger partial charge in [0.05, 0.1) is 12.1 Å². The van der Waals surface area contributed by atoms with E-state index < -0.39 is 23.8 Å². The van der Waals surface area contributed by atoms with E-state index in [1.807, 2.05) is 51.1 Å². The number of benzene rings is 1. The first kappa shape index (κ1) is 22.7. The molecule has 0 aromatic heterocycles. The van der Waals surface area contributed by atoms with Gasteiger partial charge in [0.2, 0.25) is 0 Å². The maximum absolute atomic E-state index is 12.3. The van der Waals surface area contributed by atoms with Gasteiger partial charge in [0, 0.05) is 12.6 Å². The van der Waals surface area contributed by atoms with E-state index in [0.29, 0.717) is 24.4 Å². The maximum Gasteiger partial charge on any atom is 0.407 e. The number of nitrogens with one attached hydrogen (secondary N) is 2. The van der Waals surface area contributed by atoms with Crippen LogP contribution in [0, 0.1) is 5.41 Å². The summed E-state index contributed by atoms with van der Waals surface area (Å²) < 4.78 is 5.39. The van der Waals surface area contributed by atoms with E-state index in [4.69, 9.17) is 4.74 Å². The molecule has 0 radical (unpaired) electrons. The Hall–Kier alpha value is -1.59. The van der Waals surface area contributed by atoms with E-state index in [-0.39, 0.29) is 0 Å². The summed E-state index contributed by atoms with van der Waals surface area (Å²) in [7, 11) is 0. The zero-order valence-electron chi connectivity index (χ0n) is 18.1. The van der Waals surface area contributed by atoms with E-state index in [2.05, 4.69) is 24.5 Å². The molecular formula is C23H38N2O3. The summed E-state index contributed by atoms with van der Waals surface area (Å²) in [4.78, 5) is 12.3. The number of amides is 1. The Morgan fingerprint density at radius 3 is 2.39 bits per heavy atom. The second-order valence-electron chi connectivity index (χ2n) is 9.86. The molecule has 1 aromatic rings. The molecule has 0 spiro atoms. The summed E-state index contributed by atoms with van der Waals surface area (Å²) in [5, 5.41) is 17.2. The highest BCUT2D eigenvalue weighted by Gasteiger charge is 2.29. The van der Waals surface area contributed by atoms with Gasteiger partial charge in [0.1, 0.15) is 5.60 Å². The summed E-state index contributed by atoms with van der Waals surface area (Å²) >= 11 is 0. The van der Waals surface area contributed by atoms with Gasteiger partial charge >= 0.3 is 6.09 Å². The maximum atomic E-state index is 12.3. The average Bonchev–Trinajstić information content (AvgIpc) is 2.59. The zero-order valence-corrected chi connectivity index (χ0v) is 18.1. The highest BCUT2D eigenvalue weighted by atomic mass is 16.6. The third-order valence-electron chi connectivity index (χ3n) is 5.42. The molecule has 0 aliphatic heterocycles. The van der Waals surface area contributed by atoms with Crippen LogP contribution in [0.2, 0.25) is 0 Å². The SMILES string of the molecule is CC1(C)CCC(NC[C@@H](O)[C@H](Cc2ccccc2)NC(=O)OC(C)(C)C)CC1. The molecule has 5 nitrogen and oxygen atoms in total. The first-order valence-corrected chi connectivity index (χ1v) is 10.5. The van der Waals surface area contributed by atoms with Crippen molar-refractivity contribution in [1.29, 1.82) is 0 Å². The predicted molar refractivity (Wildman–Crippen MR) is 113 cm³/mol. The molecule has 2 atom stereocenters. The Morgan fingerprint density at radius 1 is 1.21 bits per heavy atom. The Bertz CT molecular complexity index is 600. The summed E-state index contributed by atoms with van der Waals surface area (Å²) in [5.74, 6) is 0. The van der Waals surface area contributed by atoms with Crippen LogP contribution in [0.1, 0.15) is 65.9 Å². The molecule has 1 aromatic carbocycles. The first-order chi connectivity index (χ1) is 13.0. The topological polar surface area (TPSA) is 70.6 Å². The van der Waals surface area contributed by atoms with Gasteiger partial charge in [0.15, 0.2) is 0 Å². The number of aliphatic hydroxyl groups excluding tert-OH is 1. The van der Waals surface area contributed by atoms with E-state index in [0.717, 1.165) is 18.4 Å². The molecular weight excluding hydrogens is 352 g/mol. The fraction of sp³-hybridized carbons (Fsp3) is 0.696. The van der Waals surface area contributed by atoms with E-state index >= 15 is 0 Å². The average molecular weight is 391 g/mol. The van der Waals surface area contributed by atoms with Crippen LogP contribution in [-0.4, -0.2) is 41.5 Å². The van der Waals surface area contributed by atoms with E-state index in [1.165, 1.54) is 12.8 Å². The molecule has 1 fully saturated rings. The molecule has 158 valence electrons. The van der Waals surface area contributed by atoms with Crippen molar-refractivity contribution in [2.75, 3.05) is 6.54 Å². The van der Waals surface area contributed by atoms with Crippen molar-refractivity contribution in [3.63, 3.8) is 0 Å². The number of alkyl carbamates (subject to hydrolysis) is 1. The van der Waals surface area contributed by atoms with Crippen LogP contribution in [0.25, 0.3) is 0 Å². The minimum Gasteiger partial charge on any atom is -0.444 e. The van der Waals surface area contributed by atoms with E-state index in [1.54, 1.807) is 0 Å². The van der Waals surface area contributed by atoms with Crippen LogP contribution < -0.4 is 10.6 Å². The van der Waals surface area contributed by atoms with Crippen molar-refractivity contribution >= 4 is 6.09 Å². The highest BCUT2D eigenvalue weighted by Crippen LogP contribution is 2.34. The molecule has 1 saturated carbocycles. The second kappa shape index (κ2) is 9.75. The third kappa shape index (κ3) is 8.19. The second-order valence-corrected chi connectivity index (χ2v) is 9.86. The van der Waals surface area contributed by atoms with Crippen LogP contribution in [0.15, 0.2) is 30.3 Å². The number of hydrogen-bond donors (Lipinski definition) is 3. The van der Waals surface area contributed by atoms with E-state index in [9.17, 15) is 9.90 Å². The molecule has 2 rings (SSSR count). The molecule has 28 heavy (non-hydrogen) atoms. The fourth-order valence-corrected chi connectivity index (χ4v) is 3.64. The van der Waals surface area contributed by atoms with Crippen LogP contribution in [0.3, 0.4) is 0 Å². The number of ether oxygens (including phenoxy) is 1. The quantitative estimate of drug-likeness (QED) is 0.657. The number of rotatable bonds is 7. The summed E-state index contributed by atoms with van der Waals surface area (Å²) in [6, 6.07) is 9.93. The Labute approximate surface area is 170 Å².